The molecule has 0 aliphatic heterocycles. The maximum absolute atomic E-state index is 10.5. The molecule has 1 rings (SSSR count). The zero-order valence-corrected chi connectivity index (χ0v) is 8.58. The van der Waals surface area contributed by atoms with E-state index in [9.17, 15) is 14.9 Å². The molecule has 1 heterocycles. The first-order chi connectivity index (χ1) is 7.50. The van der Waals surface area contributed by atoms with E-state index in [4.69, 9.17) is 5.11 Å². The van der Waals surface area contributed by atoms with Gasteiger partial charge in [0.15, 0.2) is 0 Å². The van der Waals surface area contributed by atoms with E-state index in [0.717, 1.165) is 6.20 Å². The Labute approximate surface area is 91.4 Å². The highest BCUT2D eigenvalue weighted by Gasteiger charge is 2.10. The number of rotatable bonds is 4. The fourth-order valence-corrected chi connectivity index (χ4v) is 1.13. The first-order valence-electron chi connectivity index (χ1n) is 4.50. The second-order valence-electron chi connectivity index (χ2n) is 3.15. The van der Waals surface area contributed by atoms with E-state index in [1.807, 2.05) is 0 Å². The number of carboxylic acids is 1. The van der Waals surface area contributed by atoms with Crippen molar-refractivity contribution < 1.29 is 14.8 Å². The van der Waals surface area contributed by atoms with E-state index < -0.39 is 10.9 Å². The van der Waals surface area contributed by atoms with Crippen LogP contribution in [0.25, 0.3) is 6.08 Å². The number of aliphatic carboxylic acids is 1. The SMILES string of the molecule is Cc1cc(C=CCC(=O)O)ncc1[N+](=O)[O-]. The van der Waals surface area contributed by atoms with Gasteiger partial charge in [-0.05, 0) is 19.1 Å². The van der Waals surface area contributed by atoms with Crippen LogP contribution in [0.3, 0.4) is 0 Å². The molecule has 0 aliphatic rings. The standard InChI is InChI=1S/C10H10N2O4/c1-7-5-8(3-2-4-10(13)14)11-6-9(7)12(15)16/h2-3,5-6H,4H2,1H3,(H,13,14). The average molecular weight is 222 g/mol. The summed E-state index contributed by atoms with van der Waals surface area (Å²) in [5.41, 5.74) is 0.953. The summed E-state index contributed by atoms with van der Waals surface area (Å²) in [4.78, 5) is 24.1. The molecule has 0 saturated heterocycles. The second-order valence-corrected chi connectivity index (χ2v) is 3.15. The van der Waals surface area contributed by atoms with Crippen molar-refractivity contribution >= 4 is 17.7 Å². The third-order valence-corrected chi connectivity index (χ3v) is 1.88. The lowest BCUT2D eigenvalue weighted by atomic mass is 10.2. The summed E-state index contributed by atoms with van der Waals surface area (Å²) >= 11 is 0. The largest absolute Gasteiger partial charge is 0.481 e. The first kappa shape index (κ1) is 11.8. The number of nitro groups is 1. The van der Waals surface area contributed by atoms with E-state index in [2.05, 4.69) is 4.98 Å². The molecule has 0 amide bonds. The molecule has 0 unspecified atom stereocenters. The Kier molecular flexibility index (Phi) is 3.71. The number of aryl methyl sites for hydroxylation is 1. The lowest BCUT2D eigenvalue weighted by molar-refractivity contribution is -0.385. The minimum Gasteiger partial charge on any atom is -0.481 e. The zero-order chi connectivity index (χ0) is 12.1. The number of carboxylic acid groups (broad SMARTS) is 1. The van der Waals surface area contributed by atoms with Crippen LogP contribution in [-0.2, 0) is 4.79 Å². The van der Waals surface area contributed by atoms with Gasteiger partial charge in [0.1, 0.15) is 6.20 Å². The Hall–Kier alpha value is -2.24. The summed E-state index contributed by atoms with van der Waals surface area (Å²) in [5, 5.41) is 18.9. The minimum absolute atomic E-state index is 0.0459. The van der Waals surface area contributed by atoms with Crippen LogP contribution < -0.4 is 0 Å². The Bertz CT molecular complexity index is 454. The van der Waals surface area contributed by atoms with Crippen molar-refractivity contribution in [3.8, 4) is 0 Å². The van der Waals surface area contributed by atoms with Crippen LogP contribution in [0.5, 0.6) is 0 Å². The molecule has 0 aromatic carbocycles. The molecular weight excluding hydrogens is 212 g/mol. The van der Waals surface area contributed by atoms with Gasteiger partial charge in [0.25, 0.3) is 5.69 Å². The van der Waals surface area contributed by atoms with Crippen LogP contribution in [0.2, 0.25) is 0 Å². The van der Waals surface area contributed by atoms with Crippen LogP contribution >= 0.6 is 0 Å². The van der Waals surface area contributed by atoms with Gasteiger partial charge in [0.05, 0.1) is 17.0 Å². The molecule has 0 bridgehead atoms. The van der Waals surface area contributed by atoms with Crippen LogP contribution in [0.15, 0.2) is 18.3 Å². The molecule has 0 fully saturated rings. The predicted molar refractivity (Wildman–Crippen MR) is 56.9 cm³/mol. The number of aromatic nitrogens is 1. The molecule has 6 nitrogen and oxygen atoms in total. The summed E-state index contributed by atoms with van der Waals surface area (Å²) in [5.74, 6) is -0.935. The van der Waals surface area contributed by atoms with Crippen molar-refractivity contribution in [1.29, 1.82) is 0 Å². The molecule has 0 radical (unpaired) electrons. The quantitative estimate of drug-likeness (QED) is 0.619. The van der Waals surface area contributed by atoms with Crippen molar-refractivity contribution in [2.24, 2.45) is 0 Å². The summed E-state index contributed by atoms with van der Waals surface area (Å²) in [6.45, 7) is 1.61. The van der Waals surface area contributed by atoms with Gasteiger partial charge in [-0.15, -0.1) is 0 Å². The van der Waals surface area contributed by atoms with Gasteiger partial charge in [-0.3, -0.25) is 14.9 Å². The van der Waals surface area contributed by atoms with Crippen LogP contribution in [0.1, 0.15) is 17.7 Å². The van der Waals surface area contributed by atoms with E-state index in [-0.39, 0.29) is 12.1 Å². The highest BCUT2D eigenvalue weighted by Crippen LogP contribution is 2.16. The third kappa shape index (κ3) is 3.16. The summed E-state index contributed by atoms with van der Waals surface area (Å²) in [6, 6.07) is 1.54. The van der Waals surface area contributed by atoms with Gasteiger partial charge in [0, 0.05) is 5.56 Å². The number of nitrogens with zero attached hydrogens (tertiary/aromatic N) is 2. The van der Waals surface area contributed by atoms with Crippen molar-refractivity contribution in [2.75, 3.05) is 0 Å². The maximum atomic E-state index is 10.5. The predicted octanol–water partition coefficient (Wildman–Crippen LogP) is 1.79. The summed E-state index contributed by atoms with van der Waals surface area (Å²) in [7, 11) is 0. The maximum Gasteiger partial charge on any atom is 0.307 e. The monoisotopic (exact) mass is 222 g/mol. The molecule has 0 atom stereocenters. The van der Waals surface area contributed by atoms with E-state index in [1.165, 1.54) is 18.2 Å². The number of carbonyl (C=O) groups is 1. The van der Waals surface area contributed by atoms with E-state index in [0.29, 0.717) is 11.3 Å². The fraction of sp³-hybridized carbons (Fsp3) is 0.200. The minimum atomic E-state index is -0.935. The van der Waals surface area contributed by atoms with E-state index >= 15 is 0 Å². The molecule has 0 aliphatic carbocycles. The molecule has 0 spiro atoms. The second kappa shape index (κ2) is 5.01. The number of pyridine rings is 1. The molecule has 1 aromatic rings. The topological polar surface area (TPSA) is 93.3 Å². The lowest BCUT2D eigenvalue weighted by Crippen LogP contribution is -1.94. The Balaban J connectivity index is 2.85. The Morgan fingerprint density at radius 2 is 2.38 bits per heavy atom. The average Bonchev–Trinajstić information content (AvgIpc) is 2.16. The molecule has 1 aromatic heterocycles. The lowest BCUT2D eigenvalue weighted by Gasteiger charge is -1.97. The fourth-order valence-electron chi connectivity index (χ4n) is 1.13. The number of hydrogen-bond donors (Lipinski definition) is 1. The van der Waals surface area contributed by atoms with Gasteiger partial charge in [-0.25, -0.2) is 4.98 Å². The molecular formula is C10H10N2O4. The first-order valence-corrected chi connectivity index (χ1v) is 4.50. The van der Waals surface area contributed by atoms with Crippen molar-refractivity contribution in [3.05, 3.63) is 39.7 Å². The molecule has 0 saturated carbocycles. The molecule has 16 heavy (non-hydrogen) atoms. The molecule has 84 valence electrons. The zero-order valence-electron chi connectivity index (χ0n) is 8.58. The van der Waals surface area contributed by atoms with Crippen LogP contribution in [-0.4, -0.2) is 21.0 Å². The van der Waals surface area contributed by atoms with Gasteiger partial charge < -0.3 is 5.11 Å². The van der Waals surface area contributed by atoms with Gasteiger partial charge in [-0.2, -0.15) is 0 Å². The highest BCUT2D eigenvalue weighted by atomic mass is 16.6. The highest BCUT2D eigenvalue weighted by molar-refractivity contribution is 5.70. The van der Waals surface area contributed by atoms with Crippen molar-refractivity contribution in [3.63, 3.8) is 0 Å². The molecule has 6 heteroatoms. The summed E-state index contributed by atoms with van der Waals surface area (Å²) in [6.07, 6.45) is 4.02. The Morgan fingerprint density at radius 3 is 2.88 bits per heavy atom. The molecule has 1 N–H and O–H groups in total. The number of hydrogen-bond acceptors (Lipinski definition) is 4. The smallest absolute Gasteiger partial charge is 0.307 e. The Morgan fingerprint density at radius 1 is 1.69 bits per heavy atom. The van der Waals surface area contributed by atoms with E-state index in [1.54, 1.807) is 6.92 Å². The normalized spacial score (nSPS) is 10.6. The summed E-state index contributed by atoms with van der Waals surface area (Å²) < 4.78 is 0. The van der Waals surface area contributed by atoms with Crippen LogP contribution in [0, 0.1) is 17.0 Å². The van der Waals surface area contributed by atoms with Crippen LogP contribution in [0.4, 0.5) is 5.69 Å². The van der Waals surface area contributed by atoms with Gasteiger partial charge in [-0.1, -0.05) is 6.08 Å². The van der Waals surface area contributed by atoms with Gasteiger partial charge >= 0.3 is 5.97 Å². The third-order valence-electron chi connectivity index (χ3n) is 1.88. The van der Waals surface area contributed by atoms with Gasteiger partial charge in [0.2, 0.25) is 0 Å². The van der Waals surface area contributed by atoms with Crippen molar-refractivity contribution in [2.45, 2.75) is 13.3 Å². The van der Waals surface area contributed by atoms with Crippen molar-refractivity contribution in [1.82, 2.24) is 4.98 Å².